The van der Waals surface area contributed by atoms with Crippen molar-refractivity contribution in [3.05, 3.63) is 41.3 Å². The fourth-order valence-corrected chi connectivity index (χ4v) is 2.35. The minimum atomic E-state index is -0.267. The standard InChI is InChI=1S/C16H17N5O2/c1-8(2)14-13-11(6-9(3)19-16(13)23-21-14)15(22)20-10-4-5-12(17)18-7-10/h4-8H,1-3H3,(H2,17,18)(H,20,22). The summed E-state index contributed by atoms with van der Waals surface area (Å²) in [5, 5.41) is 7.50. The zero-order chi connectivity index (χ0) is 16.6. The topological polar surface area (TPSA) is 107 Å². The highest BCUT2D eigenvalue weighted by Crippen LogP contribution is 2.28. The van der Waals surface area contributed by atoms with Crippen LogP contribution < -0.4 is 11.1 Å². The Hall–Kier alpha value is -2.96. The van der Waals surface area contributed by atoms with Crippen LogP contribution in [0, 0.1) is 6.92 Å². The molecule has 0 unspecified atom stereocenters. The molecule has 3 aromatic rings. The van der Waals surface area contributed by atoms with Crippen LogP contribution in [-0.2, 0) is 0 Å². The Balaban J connectivity index is 2.05. The Bertz CT molecular complexity index is 868. The van der Waals surface area contributed by atoms with Crippen LogP contribution >= 0.6 is 0 Å². The zero-order valence-corrected chi connectivity index (χ0v) is 13.1. The lowest BCUT2D eigenvalue weighted by atomic mass is 10.0. The fourth-order valence-electron chi connectivity index (χ4n) is 2.35. The Labute approximate surface area is 132 Å². The molecule has 0 saturated heterocycles. The third kappa shape index (κ3) is 2.85. The van der Waals surface area contributed by atoms with Gasteiger partial charge in [-0.2, -0.15) is 0 Å². The molecule has 0 radical (unpaired) electrons. The van der Waals surface area contributed by atoms with E-state index in [0.717, 1.165) is 0 Å². The number of nitrogens with zero attached hydrogens (tertiary/aromatic N) is 3. The first-order valence-corrected chi connectivity index (χ1v) is 7.25. The summed E-state index contributed by atoms with van der Waals surface area (Å²) < 4.78 is 5.28. The number of fused-ring (bicyclic) bond motifs is 1. The lowest BCUT2D eigenvalue weighted by Crippen LogP contribution is -2.14. The maximum atomic E-state index is 12.7. The first kappa shape index (κ1) is 15.0. The summed E-state index contributed by atoms with van der Waals surface area (Å²) in [5.74, 6) is 0.244. The third-order valence-corrected chi connectivity index (χ3v) is 3.44. The van der Waals surface area contributed by atoms with Gasteiger partial charge in [-0.15, -0.1) is 0 Å². The molecule has 0 spiro atoms. The van der Waals surface area contributed by atoms with Gasteiger partial charge in [0, 0.05) is 5.69 Å². The molecule has 0 aliphatic rings. The van der Waals surface area contributed by atoms with E-state index in [1.165, 1.54) is 6.20 Å². The molecular weight excluding hydrogens is 294 g/mol. The SMILES string of the molecule is Cc1cc(C(=O)Nc2ccc(N)nc2)c2c(C(C)C)noc2n1. The van der Waals surface area contributed by atoms with Crippen molar-refractivity contribution in [1.29, 1.82) is 0 Å². The fraction of sp³-hybridized carbons (Fsp3) is 0.250. The molecule has 3 aromatic heterocycles. The van der Waals surface area contributed by atoms with E-state index in [9.17, 15) is 4.79 Å². The number of nitrogen functional groups attached to an aromatic ring is 1. The normalized spacial score (nSPS) is 11.1. The molecule has 7 nitrogen and oxygen atoms in total. The second kappa shape index (κ2) is 5.68. The van der Waals surface area contributed by atoms with Crippen LogP contribution in [0.15, 0.2) is 28.9 Å². The lowest BCUT2D eigenvalue weighted by Gasteiger charge is -2.08. The zero-order valence-electron chi connectivity index (χ0n) is 13.1. The second-order valence-electron chi connectivity index (χ2n) is 5.64. The molecule has 3 N–H and O–H groups in total. The minimum absolute atomic E-state index is 0.116. The van der Waals surface area contributed by atoms with Gasteiger partial charge < -0.3 is 15.6 Å². The summed E-state index contributed by atoms with van der Waals surface area (Å²) in [6.45, 7) is 5.78. The highest BCUT2D eigenvalue weighted by molar-refractivity contribution is 6.12. The van der Waals surface area contributed by atoms with Gasteiger partial charge in [0.1, 0.15) is 5.82 Å². The van der Waals surface area contributed by atoms with Gasteiger partial charge in [0.25, 0.3) is 11.6 Å². The maximum absolute atomic E-state index is 12.7. The second-order valence-corrected chi connectivity index (χ2v) is 5.64. The van der Waals surface area contributed by atoms with E-state index in [1.807, 2.05) is 13.8 Å². The molecule has 118 valence electrons. The molecule has 1 amide bonds. The van der Waals surface area contributed by atoms with Crippen molar-refractivity contribution in [3.63, 3.8) is 0 Å². The van der Waals surface area contributed by atoms with Crippen molar-refractivity contribution in [2.45, 2.75) is 26.7 Å². The van der Waals surface area contributed by atoms with Crippen LogP contribution in [0.3, 0.4) is 0 Å². The molecule has 3 heterocycles. The number of carbonyl (C=O) groups is 1. The monoisotopic (exact) mass is 311 g/mol. The Morgan fingerprint density at radius 2 is 2.13 bits per heavy atom. The van der Waals surface area contributed by atoms with Gasteiger partial charge in [-0.25, -0.2) is 9.97 Å². The van der Waals surface area contributed by atoms with E-state index < -0.39 is 0 Å². The first-order valence-electron chi connectivity index (χ1n) is 7.25. The van der Waals surface area contributed by atoms with Crippen molar-refractivity contribution < 1.29 is 9.32 Å². The van der Waals surface area contributed by atoms with E-state index in [1.54, 1.807) is 25.1 Å². The number of pyridine rings is 2. The van der Waals surface area contributed by atoms with Crippen LogP contribution in [0.1, 0.15) is 41.5 Å². The van der Waals surface area contributed by atoms with Crippen molar-refractivity contribution >= 4 is 28.5 Å². The summed E-state index contributed by atoms with van der Waals surface area (Å²) >= 11 is 0. The molecule has 0 fully saturated rings. The van der Waals surface area contributed by atoms with Crippen LogP contribution in [0.4, 0.5) is 11.5 Å². The highest BCUT2D eigenvalue weighted by atomic mass is 16.5. The van der Waals surface area contributed by atoms with Crippen LogP contribution in [0.25, 0.3) is 11.1 Å². The molecule has 0 saturated carbocycles. The van der Waals surface area contributed by atoms with E-state index in [-0.39, 0.29) is 11.8 Å². The molecule has 23 heavy (non-hydrogen) atoms. The Morgan fingerprint density at radius 3 is 2.78 bits per heavy atom. The van der Waals surface area contributed by atoms with Gasteiger partial charge in [0.2, 0.25) is 0 Å². The summed E-state index contributed by atoms with van der Waals surface area (Å²) in [6, 6.07) is 5.05. The number of amides is 1. The smallest absolute Gasteiger partial charge is 0.259 e. The summed E-state index contributed by atoms with van der Waals surface area (Å²) in [7, 11) is 0. The van der Waals surface area contributed by atoms with Gasteiger partial charge in [-0.05, 0) is 31.0 Å². The molecule has 0 aromatic carbocycles. The van der Waals surface area contributed by atoms with Gasteiger partial charge in [0.05, 0.1) is 28.5 Å². The van der Waals surface area contributed by atoms with Crippen molar-refractivity contribution in [3.8, 4) is 0 Å². The Kier molecular flexibility index (Phi) is 3.69. The van der Waals surface area contributed by atoms with Crippen molar-refractivity contribution in [2.75, 3.05) is 11.1 Å². The summed E-state index contributed by atoms with van der Waals surface area (Å²) in [6.07, 6.45) is 1.51. The number of aromatic nitrogens is 3. The minimum Gasteiger partial charge on any atom is -0.384 e. The Morgan fingerprint density at radius 1 is 1.35 bits per heavy atom. The predicted octanol–water partition coefficient (Wildman–Crippen LogP) is 2.88. The molecule has 0 aliphatic carbocycles. The predicted molar refractivity (Wildman–Crippen MR) is 87.2 cm³/mol. The summed E-state index contributed by atoms with van der Waals surface area (Å²) in [5.41, 5.74) is 8.36. The third-order valence-electron chi connectivity index (χ3n) is 3.44. The van der Waals surface area contributed by atoms with Crippen LogP contribution in [0.2, 0.25) is 0 Å². The molecule has 0 atom stereocenters. The number of rotatable bonds is 3. The number of nitrogens with one attached hydrogen (secondary N) is 1. The van der Waals surface area contributed by atoms with Crippen LogP contribution in [-0.4, -0.2) is 21.0 Å². The van der Waals surface area contributed by atoms with E-state index in [4.69, 9.17) is 10.3 Å². The average Bonchev–Trinajstić information content (AvgIpc) is 2.92. The van der Waals surface area contributed by atoms with Gasteiger partial charge in [-0.3, -0.25) is 4.79 Å². The van der Waals surface area contributed by atoms with E-state index in [0.29, 0.717) is 39.6 Å². The number of carbonyl (C=O) groups excluding carboxylic acids is 1. The van der Waals surface area contributed by atoms with Crippen molar-refractivity contribution in [2.24, 2.45) is 0 Å². The largest absolute Gasteiger partial charge is 0.384 e. The number of hydrogen-bond acceptors (Lipinski definition) is 6. The van der Waals surface area contributed by atoms with Crippen LogP contribution in [0.5, 0.6) is 0 Å². The van der Waals surface area contributed by atoms with Gasteiger partial charge in [-0.1, -0.05) is 19.0 Å². The quantitative estimate of drug-likeness (QED) is 0.770. The lowest BCUT2D eigenvalue weighted by molar-refractivity contribution is 0.102. The summed E-state index contributed by atoms with van der Waals surface area (Å²) in [4.78, 5) is 20.9. The van der Waals surface area contributed by atoms with E-state index >= 15 is 0 Å². The van der Waals surface area contributed by atoms with Gasteiger partial charge >= 0.3 is 0 Å². The molecule has 0 bridgehead atoms. The average molecular weight is 311 g/mol. The number of nitrogens with two attached hydrogens (primary N) is 1. The molecule has 3 rings (SSSR count). The first-order chi connectivity index (χ1) is 11.0. The highest BCUT2D eigenvalue weighted by Gasteiger charge is 2.21. The molecule has 0 aliphatic heterocycles. The number of anilines is 2. The molecular formula is C16H17N5O2. The van der Waals surface area contributed by atoms with Crippen molar-refractivity contribution in [1.82, 2.24) is 15.1 Å². The van der Waals surface area contributed by atoms with Gasteiger partial charge in [0.15, 0.2) is 0 Å². The number of hydrogen-bond donors (Lipinski definition) is 2. The molecule has 7 heteroatoms. The number of aryl methyl sites for hydroxylation is 1. The maximum Gasteiger partial charge on any atom is 0.259 e. The van der Waals surface area contributed by atoms with E-state index in [2.05, 4.69) is 20.4 Å².